The molecule has 3 N–H and O–H groups in total. The number of nitrogens with one attached hydrogen (secondary N) is 1. The second kappa shape index (κ2) is 5.28. The van der Waals surface area contributed by atoms with Gasteiger partial charge in [-0.1, -0.05) is 0 Å². The fraction of sp³-hybridized carbons (Fsp3) is 0.333. The van der Waals surface area contributed by atoms with E-state index in [4.69, 9.17) is 10.5 Å². The van der Waals surface area contributed by atoms with Crippen molar-refractivity contribution in [3.05, 3.63) is 18.2 Å². The van der Waals surface area contributed by atoms with Gasteiger partial charge in [0.15, 0.2) is 0 Å². The SMILES string of the molecule is CNS(=O)(=O)c1cc(N)ccc1OCC(F)F. The quantitative estimate of drug-likeness (QED) is 0.773. The molecule has 0 atom stereocenters. The number of nitrogens with two attached hydrogens (primary N) is 1. The molecule has 0 amide bonds. The molecule has 0 aliphatic rings. The van der Waals surface area contributed by atoms with Crippen molar-refractivity contribution >= 4 is 15.7 Å². The van der Waals surface area contributed by atoms with Gasteiger partial charge in [-0.25, -0.2) is 21.9 Å². The van der Waals surface area contributed by atoms with Crippen LogP contribution in [-0.2, 0) is 10.0 Å². The Bertz CT molecular complexity index is 491. The van der Waals surface area contributed by atoms with E-state index < -0.39 is 23.1 Å². The molecule has 8 heteroatoms. The van der Waals surface area contributed by atoms with Gasteiger partial charge in [0.2, 0.25) is 10.0 Å². The molecule has 0 bridgehead atoms. The molecule has 0 heterocycles. The minimum atomic E-state index is -3.80. The first kappa shape index (κ1) is 13.7. The molecule has 1 aromatic carbocycles. The minimum absolute atomic E-state index is 0.158. The van der Waals surface area contributed by atoms with E-state index in [0.29, 0.717) is 0 Å². The first-order valence-corrected chi connectivity index (χ1v) is 6.09. The van der Waals surface area contributed by atoms with E-state index in [-0.39, 0.29) is 16.3 Å². The molecule has 17 heavy (non-hydrogen) atoms. The Labute approximate surface area is 97.6 Å². The van der Waals surface area contributed by atoms with Crippen LogP contribution in [0.4, 0.5) is 14.5 Å². The smallest absolute Gasteiger partial charge is 0.272 e. The topological polar surface area (TPSA) is 81.4 Å². The van der Waals surface area contributed by atoms with Crippen LogP contribution in [0, 0.1) is 0 Å². The zero-order valence-electron chi connectivity index (χ0n) is 8.98. The number of hydrogen-bond donors (Lipinski definition) is 2. The standard InChI is InChI=1S/C9H12F2N2O3S/c1-13-17(14,15)8-4-6(12)2-3-7(8)16-5-9(10)11/h2-4,9,13H,5,12H2,1H3. The molecular formula is C9H12F2N2O3S. The maximum Gasteiger partial charge on any atom is 0.272 e. The number of benzene rings is 1. The average Bonchev–Trinajstić information content (AvgIpc) is 2.27. The molecule has 0 saturated carbocycles. The van der Waals surface area contributed by atoms with Crippen LogP contribution in [0.1, 0.15) is 0 Å². The van der Waals surface area contributed by atoms with Gasteiger partial charge in [0, 0.05) is 5.69 Å². The van der Waals surface area contributed by atoms with E-state index in [1.807, 2.05) is 0 Å². The molecule has 0 unspecified atom stereocenters. The highest BCUT2D eigenvalue weighted by atomic mass is 32.2. The monoisotopic (exact) mass is 266 g/mol. The summed E-state index contributed by atoms with van der Waals surface area (Å²) in [6, 6.07) is 3.75. The summed E-state index contributed by atoms with van der Waals surface area (Å²) in [6.45, 7) is -0.879. The van der Waals surface area contributed by atoms with Crippen molar-refractivity contribution in [1.29, 1.82) is 0 Å². The molecule has 96 valence electrons. The number of halogens is 2. The molecule has 0 aliphatic heterocycles. The van der Waals surface area contributed by atoms with Gasteiger partial charge in [0.25, 0.3) is 6.43 Å². The van der Waals surface area contributed by atoms with Crippen LogP contribution in [0.3, 0.4) is 0 Å². The Morgan fingerprint density at radius 3 is 2.65 bits per heavy atom. The van der Waals surface area contributed by atoms with Crippen molar-refractivity contribution in [2.45, 2.75) is 11.3 Å². The van der Waals surface area contributed by atoms with Crippen LogP contribution in [-0.4, -0.2) is 28.5 Å². The molecule has 0 saturated heterocycles. The second-order valence-electron chi connectivity index (χ2n) is 3.12. The zero-order chi connectivity index (χ0) is 13.1. The number of ether oxygens (including phenoxy) is 1. The van der Waals surface area contributed by atoms with E-state index in [0.717, 1.165) is 6.07 Å². The fourth-order valence-electron chi connectivity index (χ4n) is 1.12. The lowest BCUT2D eigenvalue weighted by molar-refractivity contribution is 0.0804. The molecule has 1 rings (SSSR count). The van der Waals surface area contributed by atoms with Crippen LogP contribution in [0.15, 0.2) is 23.1 Å². The van der Waals surface area contributed by atoms with E-state index in [1.165, 1.54) is 19.2 Å². The highest BCUT2D eigenvalue weighted by molar-refractivity contribution is 7.89. The van der Waals surface area contributed by atoms with Crippen LogP contribution in [0.5, 0.6) is 5.75 Å². The summed E-state index contributed by atoms with van der Waals surface area (Å²) in [5.41, 5.74) is 5.64. The molecule has 1 aromatic rings. The Morgan fingerprint density at radius 1 is 1.47 bits per heavy atom. The van der Waals surface area contributed by atoms with E-state index in [2.05, 4.69) is 4.72 Å². The van der Waals surface area contributed by atoms with Gasteiger partial charge in [-0.2, -0.15) is 0 Å². The fourth-order valence-corrected chi connectivity index (χ4v) is 2.02. The Morgan fingerprint density at radius 2 is 2.12 bits per heavy atom. The lowest BCUT2D eigenvalue weighted by atomic mass is 10.3. The van der Waals surface area contributed by atoms with Gasteiger partial charge in [0.1, 0.15) is 17.3 Å². The number of rotatable bonds is 5. The highest BCUT2D eigenvalue weighted by Crippen LogP contribution is 2.26. The van der Waals surface area contributed by atoms with E-state index >= 15 is 0 Å². The zero-order valence-corrected chi connectivity index (χ0v) is 9.80. The molecule has 5 nitrogen and oxygen atoms in total. The van der Waals surface area contributed by atoms with Crippen LogP contribution in [0.25, 0.3) is 0 Å². The first-order valence-electron chi connectivity index (χ1n) is 4.61. The molecular weight excluding hydrogens is 254 g/mol. The predicted molar refractivity (Wildman–Crippen MR) is 58.6 cm³/mol. The summed E-state index contributed by atoms with van der Waals surface area (Å²) < 4.78 is 53.9. The Balaban J connectivity index is 3.13. The summed E-state index contributed by atoms with van der Waals surface area (Å²) in [7, 11) is -2.60. The third-order valence-electron chi connectivity index (χ3n) is 1.89. The lowest BCUT2D eigenvalue weighted by Crippen LogP contribution is -2.20. The maximum atomic E-state index is 12.0. The molecule has 0 spiro atoms. The van der Waals surface area contributed by atoms with Gasteiger partial charge in [-0.3, -0.25) is 0 Å². The van der Waals surface area contributed by atoms with E-state index in [9.17, 15) is 17.2 Å². The number of nitrogen functional groups attached to an aromatic ring is 1. The van der Waals surface area contributed by atoms with Crippen molar-refractivity contribution in [1.82, 2.24) is 4.72 Å². The summed E-state index contributed by atoms with van der Waals surface area (Å²) in [5, 5.41) is 0. The molecule has 0 aliphatic carbocycles. The third-order valence-corrected chi connectivity index (χ3v) is 3.33. The molecule has 0 radical (unpaired) electrons. The summed E-state index contributed by atoms with van der Waals surface area (Å²) in [6.07, 6.45) is -2.68. The van der Waals surface area contributed by atoms with Crippen molar-refractivity contribution in [2.24, 2.45) is 0 Å². The minimum Gasteiger partial charge on any atom is -0.486 e. The average molecular weight is 266 g/mol. The normalized spacial score (nSPS) is 11.8. The number of hydrogen-bond acceptors (Lipinski definition) is 4. The largest absolute Gasteiger partial charge is 0.486 e. The van der Waals surface area contributed by atoms with E-state index in [1.54, 1.807) is 0 Å². The van der Waals surface area contributed by atoms with Crippen LogP contribution >= 0.6 is 0 Å². The van der Waals surface area contributed by atoms with Gasteiger partial charge >= 0.3 is 0 Å². The van der Waals surface area contributed by atoms with Gasteiger partial charge in [0.05, 0.1) is 0 Å². The van der Waals surface area contributed by atoms with Crippen LogP contribution in [0.2, 0.25) is 0 Å². The van der Waals surface area contributed by atoms with Gasteiger partial charge in [-0.15, -0.1) is 0 Å². The molecule has 0 fully saturated rings. The van der Waals surface area contributed by atoms with Crippen molar-refractivity contribution < 1.29 is 21.9 Å². The highest BCUT2D eigenvalue weighted by Gasteiger charge is 2.19. The summed E-state index contributed by atoms with van der Waals surface area (Å²) >= 11 is 0. The van der Waals surface area contributed by atoms with Gasteiger partial charge < -0.3 is 10.5 Å². The lowest BCUT2D eigenvalue weighted by Gasteiger charge is -2.11. The predicted octanol–water partition coefficient (Wildman–Crippen LogP) is 0.821. The number of anilines is 1. The van der Waals surface area contributed by atoms with Crippen molar-refractivity contribution in [2.75, 3.05) is 19.4 Å². The van der Waals surface area contributed by atoms with Crippen molar-refractivity contribution in [3.63, 3.8) is 0 Å². The van der Waals surface area contributed by atoms with Crippen LogP contribution < -0.4 is 15.2 Å². The van der Waals surface area contributed by atoms with Crippen molar-refractivity contribution in [3.8, 4) is 5.75 Å². The Hall–Kier alpha value is -1.41. The number of sulfonamides is 1. The second-order valence-corrected chi connectivity index (χ2v) is 4.97. The molecule has 0 aromatic heterocycles. The summed E-state index contributed by atoms with van der Waals surface area (Å²) in [5.74, 6) is -0.158. The third kappa shape index (κ3) is 3.53. The number of alkyl halides is 2. The summed E-state index contributed by atoms with van der Waals surface area (Å²) in [4.78, 5) is -0.263. The van der Waals surface area contributed by atoms with Gasteiger partial charge in [-0.05, 0) is 25.2 Å². The first-order chi connectivity index (χ1) is 7.86. The Kier molecular flexibility index (Phi) is 4.24. The maximum absolute atomic E-state index is 12.0.